The average molecular weight is 260 g/mol. The van der Waals surface area contributed by atoms with E-state index in [4.69, 9.17) is 4.42 Å². The number of carbonyl (C=O) groups excluding carboxylic acids is 2. The number of rotatable bonds is 5. The van der Waals surface area contributed by atoms with Crippen molar-refractivity contribution in [3.05, 3.63) is 47.7 Å². The third kappa shape index (κ3) is 3.34. The van der Waals surface area contributed by atoms with Gasteiger partial charge in [0.05, 0.1) is 6.26 Å². The molecule has 0 radical (unpaired) electrons. The van der Waals surface area contributed by atoms with Crippen molar-refractivity contribution < 1.29 is 14.0 Å². The van der Waals surface area contributed by atoms with Crippen LogP contribution in [0, 0.1) is 0 Å². The molecule has 2 aromatic rings. The number of hydrogen-bond acceptors (Lipinski definition) is 3. The SMILES string of the molecule is CC(=O)c1c[nH]c(C(=O)N[C@@H](C)Cc2ccco2)c1. The number of aromatic amines is 1. The molecular formula is C14H16N2O3. The molecule has 0 aromatic carbocycles. The Morgan fingerprint density at radius 2 is 2.26 bits per heavy atom. The molecule has 0 bridgehead atoms. The maximum atomic E-state index is 11.9. The molecule has 0 spiro atoms. The minimum atomic E-state index is -0.230. The quantitative estimate of drug-likeness (QED) is 0.809. The number of furan rings is 1. The molecule has 0 aliphatic carbocycles. The van der Waals surface area contributed by atoms with Gasteiger partial charge in [-0.3, -0.25) is 9.59 Å². The normalized spacial score (nSPS) is 12.1. The van der Waals surface area contributed by atoms with Gasteiger partial charge in [0, 0.05) is 24.2 Å². The molecule has 2 heterocycles. The zero-order chi connectivity index (χ0) is 13.8. The van der Waals surface area contributed by atoms with Gasteiger partial charge in [-0.05, 0) is 32.0 Å². The first-order valence-electron chi connectivity index (χ1n) is 6.09. The first-order valence-corrected chi connectivity index (χ1v) is 6.09. The van der Waals surface area contributed by atoms with Gasteiger partial charge in [0.2, 0.25) is 0 Å². The molecule has 0 saturated heterocycles. The number of aromatic nitrogens is 1. The van der Waals surface area contributed by atoms with Crippen LogP contribution < -0.4 is 5.32 Å². The topological polar surface area (TPSA) is 75.1 Å². The van der Waals surface area contributed by atoms with Crippen molar-refractivity contribution in [2.75, 3.05) is 0 Å². The molecule has 2 N–H and O–H groups in total. The third-order valence-corrected chi connectivity index (χ3v) is 2.80. The summed E-state index contributed by atoms with van der Waals surface area (Å²) in [6.45, 7) is 3.36. The summed E-state index contributed by atoms with van der Waals surface area (Å²) in [5.41, 5.74) is 0.889. The van der Waals surface area contributed by atoms with Gasteiger partial charge >= 0.3 is 0 Å². The van der Waals surface area contributed by atoms with Crippen LogP contribution in [0.4, 0.5) is 0 Å². The number of ketones is 1. The van der Waals surface area contributed by atoms with E-state index in [0.29, 0.717) is 17.7 Å². The van der Waals surface area contributed by atoms with Crippen LogP contribution >= 0.6 is 0 Å². The number of carbonyl (C=O) groups is 2. The van der Waals surface area contributed by atoms with E-state index in [2.05, 4.69) is 10.3 Å². The molecule has 2 aromatic heterocycles. The van der Waals surface area contributed by atoms with Crippen molar-refractivity contribution in [2.24, 2.45) is 0 Å². The number of hydrogen-bond donors (Lipinski definition) is 2. The average Bonchev–Trinajstić information content (AvgIpc) is 2.98. The largest absolute Gasteiger partial charge is 0.469 e. The maximum absolute atomic E-state index is 11.9. The Balaban J connectivity index is 1.94. The molecule has 5 heteroatoms. The van der Waals surface area contributed by atoms with Gasteiger partial charge in [-0.15, -0.1) is 0 Å². The summed E-state index contributed by atoms with van der Waals surface area (Å²) in [5.74, 6) is 0.522. The summed E-state index contributed by atoms with van der Waals surface area (Å²) in [5, 5.41) is 2.85. The monoisotopic (exact) mass is 260 g/mol. The fourth-order valence-corrected chi connectivity index (χ4v) is 1.81. The van der Waals surface area contributed by atoms with Crippen molar-refractivity contribution in [1.82, 2.24) is 10.3 Å². The lowest BCUT2D eigenvalue weighted by Crippen LogP contribution is -2.34. The Hall–Kier alpha value is -2.30. The van der Waals surface area contributed by atoms with E-state index in [9.17, 15) is 9.59 Å². The van der Waals surface area contributed by atoms with E-state index in [1.54, 1.807) is 12.3 Å². The van der Waals surface area contributed by atoms with Crippen LogP contribution in [0.2, 0.25) is 0 Å². The van der Waals surface area contributed by atoms with Crippen molar-refractivity contribution >= 4 is 11.7 Å². The fourth-order valence-electron chi connectivity index (χ4n) is 1.81. The Morgan fingerprint density at radius 1 is 1.47 bits per heavy atom. The molecule has 5 nitrogen and oxygen atoms in total. The summed E-state index contributed by atoms with van der Waals surface area (Å²) in [7, 11) is 0. The number of nitrogens with one attached hydrogen (secondary N) is 2. The molecule has 1 atom stereocenters. The predicted molar refractivity (Wildman–Crippen MR) is 70.1 cm³/mol. The van der Waals surface area contributed by atoms with E-state index in [0.717, 1.165) is 5.76 Å². The highest BCUT2D eigenvalue weighted by atomic mass is 16.3. The number of amides is 1. The lowest BCUT2D eigenvalue weighted by Gasteiger charge is -2.11. The summed E-state index contributed by atoms with van der Waals surface area (Å²) in [6.07, 6.45) is 3.77. The van der Waals surface area contributed by atoms with Gasteiger partial charge in [0.1, 0.15) is 11.5 Å². The Morgan fingerprint density at radius 3 is 2.84 bits per heavy atom. The van der Waals surface area contributed by atoms with E-state index in [1.165, 1.54) is 13.1 Å². The summed E-state index contributed by atoms with van der Waals surface area (Å²) >= 11 is 0. The first-order chi connectivity index (χ1) is 9.06. The molecule has 100 valence electrons. The van der Waals surface area contributed by atoms with Crippen molar-refractivity contribution in [3.63, 3.8) is 0 Å². The molecule has 0 unspecified atom stereocenters. The van der Waals surface area contributed by atoms with Gasteiger partial charge in [0.25, 0.3) is 5.91 Å². The van der Waals surface area contributed by atoms with Crippen LogP contribution in [0.1, 0.15) is 40.5 Å². The Labute approximate surface area is 111 Å². The molecule has 0 aliphatic rings. The number of H-pyrrole nitrogens is 1. The zero-order valence-corrected chi connectivity index (χ0v) is 10.9. The maximum Gasteiger partial charge on any atom is 0.267 e. The number of Topliss-reactive ketones (excluding diaryl/α,β-unsaturated/α-hetero) is 1. The molecule has 0 saturated carbocycles. The highest BCUT2D eigenvalue weighted by molar-refractivity contribution is 5.99. The second-order valence-electron chi connectivity index (χ2n) is 4.52. The smallest absolute Gasteiger partial charge is 0.267 e. The highest BCUT2D eigenvalue weighted by Crippen LogP contribution is 2.07. The molecule has 0 fully saturated rings. The molecule has 19 heavy (non-hydrogen) atoms. The standard InChI is InChI=1S/C14H16N2O3/c1-9(6-12-4-3-5-19-12)16-14(18)13-7-11(8-15-13)10(2)17/h3-5,7-9,15H,6H2,1-2H3,(H,16,18)/t9-/m0/s1. The molecule has 0 aliphatic heterocycles. The fraction of sp³-hybridized carbons (Fsp3) is 0.286. The summed E-state index contributed by atoms with van der Waals surface area (Å²) < 4.78 is 5.22. The Bertz CT molecular complexity index is 569. The predicted octanol–water partition coefficient (Wildman–Crippen LogP) is 2.17. The Kier molecular flexibility index (Phi) is 3.85. The highest BCUT2D eigenvalue weighted by Gasteiger charge is 2.14. The van der Waals surface area contributed by atoms with Crippen LogP contribution in [-0.2, 0) is 6.42 Å². The minimum absolute atomic E-state index is 0.0530. The lowest BCUT2D eigenvalue weighted by molar-refractivity contribution is 0.0934. The molecule has 2 rings (SSSR count). The zero-order valence-electron chi connectivity index (χ0n) is 10.9. The first kappa shape index (κ1) is 13.1. The summed E-state index contributed by atoms with van der Waals surface area (Å²) in [4.78, 5) is 25.9. The van der Waals surface area contributed by atoms with E-state index in [1.807, 2.05) is 19.1 Å². The van der Waals surface area contributed by atoms with Crippen LogP contribution in [0.25, 0.3) is 0 Å². The third-order valence-electron chi connectivity index (χ3n) is 2.80. The van der Waals surface area contributed by atoms with Gasteiger partial charge in [-0.25, -0.2) is 0 Å². The van der Waals surface area contributed by atoms with Crippen LogP contribution in [0.5, 0.6) is 0 Å². The van der Waals surface area contributed by atoms with Crippen molar-refractivity contribution in [2.45, 2.75) is 26.3 Å². The summed E-state index contributed by atoms with van der Waals surface area (Å²) in [6, 6.07) is 5.18. The van der Waals surface area contributed by atoms with Gasteiger partial charge in [0.15, 0.2) is 5.78 Å². The van der Waals surface area contributed by atoms with E-state index in [-0.39, 0.29) is 17.7 Å². The van der Waals surface area contributed by atoms with E-state index < -0.39 is 0 Å². The van der Waals surface area contributed by atoms with E-state index >= 15 is 0 Å². The second-order valence-corrected chi connectivity index (χ2v) is 4.52. The van der Waals surface area contributed by atoms with Crippen molar-refractivity contribution in [3.8, 4) is 0 Å². The molecular weight excluding hydrogens is 244 g/mol. The van der Waals surface area contributed by atoms with Gasteiger partial charge in [-0.1, -0.05) is 0 Å². The van der Waals surface area contributed by atoms with Gasteiger partial charge in [-0.2, -0.15) is 0 Å². The van der Waals surface area contributed by atoms with Crippen LogP contribution in [-0.4, -0.2) is 22.7 Å². The van der Waals surface area contributed by atoms with Gasteiger partial charge < -0.3 is 14.7 Å². The van der Waals surface area contributed by atoms with Crippen LogP contribution in [0.3, 0.4) is 0 Å². The second kappa shape index (κ2) is 5.56. The molecule has 1 amide bonds. The minimum Gasteiger partial charge on any atom is -0.469 e. The van der Waals surface area contributed by atoms with Crippen molar-refractivity contribution in [1.29, 1.82) is 0 Å². The lowest BCUT2D eigenvalue weighted by atomic mass is 10.2. The van der Waals surface area contributed by atoms with Crippen LogP contribution in [0.15, 0.2) is 35.1 Å².